The van der Waals surface area contributed by atoms with E-state index in [-0.39, 0.29) is 5.91 Å². The Morgan fingerprint density at radius 2 is 2.42 bits per heavy atom. The molecule has 12 heavy (non-hydrogen) atoms. The monoisotopic (exact) mass is 163 g/mol. The molecule has 0 spiro atoms. The average molecular weight is 163 g/mol. The van der Waals surface area contributed by atoms with Crippen LogP contribution in [0.3, 0.4) is 0 Å². The van der Waals surface area contributed by atoms with Crippen LogP contribution in [0.4, 0.5) is 5.82 Å². The summed E-state index contributed by atoms with van der Waals surface area (Å²) in [6.07, 6.45) is 2.93. The van der Waals surface area contributed by atoms with E-state index in [0.717, 1.165) is 0 Å². The number of hydrogen-bond donors (Lipinski definition) is 1. The summed E-state index contributed by atoms with van der Waals surface area (Å²) in [6.45, 7) is 5.13. The number of anilines is 1. The Bertz CT molecular complexity index is 294. The van der Waals surface area contributed by atoms with Gasteiger partial charge in [0.1, 0.15) is 12.1 Å². The third-order valence-corrected chi connectivity index (χ3v) is 1.21. The van der Waals surface area contributed by atoms with Crippen molar-refractivity contribution in [1.82, 2.24) is 9.97 Å². The highest BCUT2D eigenvalue weighted by Gasteiger charge is 2.01. The number of hydrogen-bond acceptors (Lipinski definition) is 3. The van der Waals surface area contributed by atoms with Gasteiger partial charge in [0, 0.05) is 11.8 Å². The average Bonchev–Trinajstić information content (AvgIpc) is 2.06. The molecular weight excluding hydrogens is 154 g/mol. The Balaban J connectivity index is 2.65. The zero-order chi connectivity index (χ0) is 8.97. The first-order valence-electron chi connectivity index (χ1n) is 3.43. The molecule has 0 aromatic carbocycles. The van der Waals surface area contributed by atoms with Gasteiger partial charge in [0.05, 0.1) is 0 Å². The van der Waals surface area contributed by atoms with Crippen molar-refractivity contribution in [2.75, 3.05) is 5.32 Å². The van der Waals surface area contributed by atoms with Gasteiger partial charge < -0.3 is 5.32 Å². The van der Waals surface area contributed by atoms with E-state index in [9.17, 15) is 4.79 Å². The molecule has 0 fully saturated rings. The molecule has 1 rings (SSSR count). The van der Waals surface area contributed by atoms with E-state index < -0.39 is 0 Å². The van der Waals surface area contributed by atoms with Gasteiger partial charge in [-0.25, -0.2) is 9.97 Å². The molecule has 0 aliphatic carbocycles. The molecule has 0 aliphatic heterocycles. The maximum Gasteiger partial charge on any atom is 0.251 e. The molecule has 1 heterocycles. The van der Waals surface area contributed by atoms with E-state index in [2.05, 4.69) is 21.9 Å². The predicted molar refractivity (Wildman–Crippen MR) is 45.5 cm³/mol. The van der Waals surface area contributed by atoms with Crippen molar-refractivity contribution < 1.29 is 4.79 Å². The summed E-state index contributed by atoms with van der Waals surface area (Å²) >= 11 is 0. The summed E-state index contributed by atoms with van der Waals surface area (Å²) < 4.78 is 0. The number of aromatic nitrogens is 2. The molecule has 1 N–H and O–H groups in total. The lowest BCUT2D eigenvalue weighted by molar-refractivity contribution is -0.112. The lowest BCUT2D eigenvalue weighted by Gasteiger charge is -2.01. The number of rotatable bonds is 2. The molecule has 1 amide bonds. The van der Waals surface area contributed by atoms with Crippen LogP contribution in [0.5, 0.6) is 0 Å². The summed E-state index contributed by atoms with van der Waals surface area (Å²) in [5, 5.41) is 2.55. The molecule has 1 aromatic rings. The fraction of sp³-hybridized carbons (Fsp3) is 0.125. The van der Waals surface area contributed by atoms with Gasteiger partial charge in [0.25, 0.3) is 5.91 Å². The van der Waals surface area contributed by atoms with Crippen LogP contribution in [0.1, 0.15) is 6.92 Å². The van der Waals surface area contributed by atoms with Crippen molar-refractivity contribution in [3.8, 4) is 0 Å². The van der Waals surface area contributed by atoms with Crippen molar-refractivity contribution in [1.29, 1.82) is 0 Å². The van der Waals surface area contributed by atoms with Crippen LogP contribution in [-0.2, 0) is 4.79 Å². The summed E-state index contributed by atoms with van der Waals surface area (Å²) in [6, 6.07) is 1.61. The van der Waals surface area contributed by atoms with Crippen molar-refractivity contribution in [3.05, 3.63) is 30.7 Å². The topological polar surface area (TPSA) is 54.9 Å². The second kappa shape index (κ2) is 3.61. The van der Waals surface area contributed by atoms with Gasteiger partial charge in [0.2, 0.25) is 0 Å². The molecule has 0 saturated heterocycles. The highest BCUT2D eigenvalue weighted by Crippen LogP contribution is 2.00. The van der Waals surface area contributed by atoms with E-state index >= 15 is 0 Å². The second-order valence-electron chi connectivity index (χ2n) is 2.33. The zero-order valence-corrected chi connectivity index (χ0v) is 6.74. The molecule has 4 nitrogen and oxygen atoms in total. The Labute approximate surface area is 70.4 Å². The first kappa shape index (κ1) is 8.39. The van der Waals surface area contributed by atoms with Crippen LogP contribution < -0.4 is 5.32 Å². The third-order valence-electron chi connectivity index (χ3n) is 1.21. The first-order valence-corrected chi connectivity index (χ1v) is 3.43. The third kappa shape index (κ3) is 2.16. The van der Waals surface area contributed by atoms with Crippen LogP contribution in [-0.4, -0.2) is 15.9 Å². The molecule has 0 saturated carbocycles. The molecule has 0 atom stereocenters. The van der Waals surface area contributed by atoms with Crippen molar-refractivity contribution >= 4 is 11.7 Å². The summed E-state index contributed by atoms with van der Waals surface area (Å²) in [5.74, 6) is 0.256. The van der Waals surface area contributed by atoms with Crippen LogP contribution in [0, 0.1) is 0 Å². The van der Waals surface area contributed by atoms with E-state index in [4.69, 9.17) is 0 Å². The lowest BCUT2D eigenvalue weighted by atomic mass is 10.3. The zero-order valence-electron chi connectivity index (χ0n) is 6.74. The molecule has 0 aliphatic rings. The minimum atomic E-state index is -0.228. The van der Waals surface area contributed by atoms with Gasteiger partial charge in [-0.1, -0.05) is 6.58 Å². The Morgan fingerprint density at radius 3 is 2.92 bits per heavy atom. The standard InChI is InChI=1S/C8H9N3O/c1-6(2)8(12)11-7-3-4-9-5-10-7/h3-5H,1H2,2H3,(H,9,10,11,12). The van der Waals surface area contributed by atoms with Gasteiger partial charge in [0.15, 0.2) is 0 Å². The van der Waals surface area contributed by atoms with Crippen molar-refractivity contribution in [3.63, 3.8) is 0 Å². The van der Waals surface area contributed by atoms with Crippen molar-refractivity contribution in [2.45, 2.75) is 6.92 Å². The fourth-order valence-corrected chi connectivity index (χ4v) is 0.588. The number of amides is 1. The number of carbonyl (C=O) groups is 1. The molecule has 0 radical (unpaired) electrons. The fourth-order valence-electron chi connectivity index (χ4n) is 0.588. The normalized spacial score (nSPS) is 9.08. The maximum absolute atomic E-state index is 11.0. The summed E-state index contributed by atoms with van der Waals surface area (Å²) in [5.41, 5.74) is 0.452. The Morgan fingerprint density at radius 1 is 1.67 bits per heavy atom. The summed E-state index contributed by atoms with van der Waals surface area (Å²) in [4.78, 5) is 18.6. The minimum absolute atomic E-state index is 0.228. The van der Waals surface area contributed by atoms with Crippen molar-refractivity contribution in [2.24, 2.45) is 0 Å². The summed E-state index contributed by atoms with van der Waals surface area (Å²) in [7, 11) is 0. The van der Waals surface area contributed by atoms with Crippen LogP contribution in [0.2, 0.25) is 0 Å². The molecule has 4 heteroatoms. The number of carbonyl (C=O) groups excluding carboxylic acids is 1. The first-order chi connectivity index (χ1) is 5.70. The second-order valence-corrected chi connectivity index (χ2v) is 2.33. The van der Waals surface area contributed by atoms with Crippen LogP contribution >= 0.6 is 0 Å². The van der Waals surface area contributed by atoms with E-state index in [1.54, 1.807) is 19.2 Å². The molecule has 1 aromatic heterocycles. The van der Waals surface area contributed by atoms with Crippen LogP contribution in [0.15, 0.2) is 30.7 Å². The molecule has 62 valence electrons. The van der Waals surface area contributed by atoms with Gasteiger partial charge in [-0.15, -0.1) is 0 Å². The van der Waals surface area contributed by atoms with Gasteiger partial charge in [-0.2, -0.15) is 0 Å². The molecule has 0 unspecified atom stereocenters. The van der Waals surface area contributed by atoms with E-state index in [1.807, 2.05) is 0 Å². The van der Waals surface area contributed by atoms with Gasteiger partial charge >= 0.3 is 0 Å². The minimum Gasteiger partial charge on any atom is -0.307 e. The quantitative estimate of drug-likeness (QED) is 0.661. The smallest absolute Gasteiger partial charge is 0.251 e. The SMILES string of the molecule is C=C(C)C(=O)Nc1ccncn1. The van der Waals surface area contributed by atoms with E-state index in [1.165, 1.54) is 6.33 Å². The lowest BCUT2D eigenvalue weighted by Crippen LogP contribution is -2.12. The largest absolute Gasteiger partial charge is 0.307 e. The Kier molecular flexibility index (Phi) is 2.53. The predicted octanol–water partition coefficient (Wildman–Crippen LogP) is 0.991. The van der Waals surface area contributed by atoms with Gasteiger partial charge in [-0.3, -0.25) is 4.79 Å². The molecular formula is C8H9N3O. The van der Waals surface area contributed by atoms with Gasteiger partial charge in [-0.05, 0) is 13.0 Å². The van der Waals surface area contributed by atoms with E-state index in [0.29, 0.717) is 11.4 Å². The number of nitrogens with one attached hydrogen (secondary N) is 1. The highest BCUT2D eigenvalue weighted by atomic mass is 16.1. The maximum atomic E-state index is 11.0. The van der Waals surface area contributed by atoms with Crippen LogP contribution in [0.25, 0.3) is 0 Å². The highest BCUT2D eigenvalue weighted by molar-refractivity contribution is 6.02. The Hall–Kier alpha value is -1.71. The number of nitrogens with zero attached hydrogens (tertiary/aromatic N) is 2. The molecule has 0 bridgehead atoms.